The molecule has 4 heterocycles. The van der Waals surface area contributed by atoms with E-state index in [1.807, 2.05) is 0 Å². The van der Waals surface area contributed by atoms with Gasteiger partial charge in [0.15, 0.2) is 5.58 Å². The molecular weight excluding hydrogens is 547 g/mol. The molecule has 0 radical (unpaired) electrons. The first-order valence-corrected chi connectivity index (χ1v) is 13.0. The molecule has 2 aromatic carbocycles. The van der Waals surface area contributed by atoms with E-state index in [2.05, 4.69) is 20.4 Å². The first kappa shape index (κ1) is 26.7. The van der Waals surface area contributed by atoms with Gasteiger partial charge in [0.2, 0.25) is 23.5 Å². The van der Waals surface area contributed by atoms with E-state index in [0.29, 0.717) is 16.6 Å². The number of imide groups is 1. The van der Waals surface area contributed by atoms with Crippen LogP contribution in [0.4, 0.5) is 4.39 Å². The Morgan fingerprint density at radius 1 is 1.12 bits per heavy atom. The zero-order chi connectivity index (χ0) is 29.5. The van der Waals surface area contributed by atoms with Gasteiger partial charge in [-0.05, 0) is 47.9 Å². The minimum absolute atomic E-state index is 0.0350. The molecule has 1 saturated heterocycles. The summed E-state index contributed by atoms with van der Waals surface area (Å²) in [6, 6.07) is 12.0. The van der Waals surface area contributed by atoms with Crippen molar-refractivity contribution in [3.63, 3.8) is 0 Å². The average Bonchev–Trinajstić information content (AvgIpc) is 3.56. The van der Waals surface area contributed by atoms with E-state index in [4.69, 9.17) is 8.94 Å². The number of hydrogen-bond donors (Lipinski definition) is 1. The number of benzene rings is 2. The van der Waals surface area contributed by atoms with Gasteiger partial charge in [0.25, 0.3) is 5.91 Å². The number of carbonyl (C=O) groups excluding carboxylic acids is 3. The highest BCUT2D eigenvalue weighted by atomic mass is 19.1. The Morgan fingerprint density at radius 2 is 1.93 bits per heavy atom. The largest absolute Gasteiger partial charge is 0.420 e. The molecule has 3 aromatic heterocycles. The molecule has 0 unspecified atom stereocenters. The first-order valence-electron chi connectivity index (χ1n) is 13.0. The first-order chi connectivity index (χ1) is 20.2. The summed E-state index contributed by atoms with van der Waals surface area (Å²) in [7, 11) is 3.21. The van der Waals surface area contributed by atoms with Crippen molar-refractivity contribution < 1.29 is 27.7 Å². The van der Waals surface area contributed by atoms with Crippen molar-refractivity contribution in [2.45, 2.75) is 25.3 Å². The van der Waals surface area contributed by atoms with Crippen LogP contribution in [-0.4, -0.2) is 56.4 Å². The lowest BCUT2D eigenvalue weighted by atomic mass is 10.0. The van der Waals surface area contributed by atoms with E-state index in [9.17, 15) is 19.2 Å². The third-order valence-electron chi connectivity index (χ3n) is 6.96. The number of nitrogens with zero attached hydrogens (tertiary/aromatic N) is 5. The third kappa shape index (κ3) is 4.85. The van der Waals surface area contributed by atoms with Gasteiger partial charge < -0.3 is 13.8 Å². The number of amides is 3. The topological polar surface area (TPSA) is 153 Å². The van der Waals surface area contributed by atoms with Gasteiger partial charge >= 0.3 is 5.76 Å². The summed E-state index contributed by atoms with van der Waals surface area (Å²) in [4.78, 5) is 58.7. The number of oxazole rings is 1. The second-order valence-corrected chi connectivity index (χ2v) is 9.99. The van der Waals surface area contributed by atoms with Gasteiger partial charge in [0.05, 0.1) is 17.5 Å². The lowest BCUT2D eigenvalue weighted by molar-refractivity contribution is -0.135. The summed E-state index contributed by atoms with van der Waals surface area (Å²) in [5.41, 5.74) is 2.34. The van der Waals surface area contributed by atoms with Gasteiger partial charge in [-0.1, -0.05) is 23.4 Å². The van der Waals surface area contributed by atoms with Crippen molar-refractivity contribution in [2.75, 3.05) is 14.1 Å². The fraction of sp³-hybridized carbons (Fsp3) is 0.207. The van der Waals surface area contributed by atoms with E-state index in [-0.39, 0.29) is 59.3 Å². The Hall–Kier alpha value is -5.46. The SMILES string of the molecule is CN(C)C(=O)c1cc(-c2cccc(-c3noc(Cc4ccc5oc(=O)n([C@@H]6CCC(=O)NC6=O)c5c4)n3)c2F)ccn1. The number of nitrogens with one attached hydrogen (secondary N) is 1. The number of rotatable bonds is 6. The van der Waals surface area contributed by atoms with Crippen LogP contribution >= 0.6 is 0 Å². The third-order valence-corrected chi connectivity index (χ3v) is 6.96. The molecule has 1 aliphatic heterocycles. The van der Waals surface area contributed by atoms with Crippen LogP contribution < -0.4 is 11.1 Å². The average molecular weight is 571 g/mol. The maximum Gasteiger partial charge on any atom is 0.420 e. The van der Waals surface area contributed by atoms with Crippen molar-refractivity contribution in [1.29, 1.82) is 0 Å². The number of carbonyl (C=O) groups is 3. The highest BCUT2D eigenvalue weighted by Gasteiger charge is 2.31. The molecule has 6 rings (SSSR count). The molecule has 1 N–H and O–H groups in total. The van der Waals surface area contributed by atoms with E-state index < -0.39 is 29.4 Å². The lowest BCUT2D eigenvalue weighted by Gasteiger charge is -2.21. The van der Waals surface area contributed by atoms with E-state index >= 15 is 4.39 Å². The number of halogens is 1. The molecule has 0 aliphatic carbocycles. The summed E-state index contributed by atoms with van der Waals surface area (Å²) in [6.45, 7) is 0. The standard InChI is InChI=1S/C29H23FN6O6/c1-35(2)28(39)19-14-16(10-11-31-19)17-4-3-5-18(25(17)30)26-33-24(42-34-26)13-15-6-8-22-21(12-15)36(29(40)41-22)20-7-9-23(37)32-27(20)38/h3-6,8,10-12,14,20H,7,9,13H2,1-2H3,(H,32,37,38)/t20-/m1/s1. The van der Waals surface area contributed by atoms with Gasteiger partial charge in [0, 0.05) is 32.3 Å². The molecule has 1 atom stereocenters. The molecule has 42 heavy (non-hydrogen) atoms. The van der Waals surface area contributed by atoms with Gasteiger partial charge in [-0.2, -0.15) is 4.98 Å². The Bertz CT molecular complexity index is 1940. The molecule has 1 aliphatic rings. The van der Waals surface area contributed by atoms with Gasteiger partial charge in [-0.25, -0.2) is 9.18 Å². The quantitative estimate of drug-likeness (QED) is 0.303. The van der Waals surface area contributed by atoms with Gasteiger partial charge in [0.1, 0.15) is 17.6 Å². The van der Waals surface area contributed by atoms with Crippen LogP contribution in [0.2, 0.25) is 0 Å². The van der Waals surface area contributed by atoms with Crippen LogP contribution in [0.5, 0.6) is 0 Å². The maximum atomic E-state index is 15.7. The Morgan fingerprint density at radius 3 is 2.71 bits per heavy atom. The Labute approximate surface area is 236 Å². The van der Waals surface area contributed by atoms with Crippen LogP contribution in [0.15, 0.2) is 68.5 Å². The number of piperidine rings is 1. The molecule has 3 amide bonds. The van der Waals surface area contributed by atoms with Crippen LogP contribution in [0.3, 0.4) is 0 Å². The normalized spacial score (nSPS) is 15.2. The van der Waals surface area contributed by atoms with Crippen molar-refractivity contribution in [3.8, 4) is 22.5 Å². The van der Waals surface area contributed by atoms with Crippen LogP contribution in [-0.2, 0) is 16.0 Å². The fourth-order valence-electron chi connectivity index (χ4n) is 4.90. The molecule has 5 aromatic rings. The Kier molecular flexibility index (Phi) is 6.69. The molecule has 1 fully saturated rings. The van der Waals surface area contributed by atoms with E-state index in [1.165, 1.54) is 27.8 Å². The second kappa shape index (κ2) is 10.5. The van der Waals surface area contributed by atoms with Crippen LogP contribution in [0.25, 0.3) is 33.6 Å². The van der Waals surface area contributed by atoms with Crippen LogP contribution in [0.1, 0.15) is 40.8 Å². The molecule has 0 bridgehead atoms. The Balaban J connectivity index is 1.28. The van der Waals surface area contributed by atoms with Gasteiger partial charge in [-0.3, -0.25) is 29.3 Å². The summed E-state index contributed by atoms with van der Waals surface area (Å²) in [5.74, 6) is -2.34. The van der Waals surface area contributed by atoms with Gasteiger partial charge in [-0.15, -0.1) is 0 Å². The lowest BCUT2D eigenvalue weighted by Crippen LogP contribution is -2.43. The second-order valence-electron chi connectivity index (χ2n) is 9.99. The highest BCUT2D eigenvalue weighted by molar-refractivity contribution is 6.00. The van der Waals surface area contributed by atoms with Crippen molar-refractivity contribution >= 4 is 28.8 Å². The summed E-state index contributed by atoms with van der Waals surface area (Å²) in [5, 5.41) is 6.21. The smallest absolute Gasteiger partial charge is 0.408 e. The molecule has 12 nitrogen and oxygen atoms in total. The summed E-state index contributed by atoms with van der Waals surface area (Å²) < 4.78 is 27.6. The molecule has 0 spiro atoms. The predicted octanol–water partition coefficient (Wildman–Crippen LogP) is 3.12. The van der Waals surface area contributed by atoms with E-state index in [1.54, 1.807) is 50.5 Å². The minimum atomic E-state index is -0.880. The maximum absolute atomic E-state index is 15.7. The zero-order valence-corrected chi connectivity index (χ0v) is 22.5. The number of aromatic nitrogens is 4. The zero-order valence-electron chi connectivity index (χ0n) is 22.5. The molecule has 212 valence electrons. The highest BCUT2D eigenvalue weighted by Crippen LogP contribution is 2.30. The van der Waals surface area contributed by atoms with Crippen LogP contribution in [0, 0.1) is 5.82 Å². The van der Waals surface area contributed by atoms with E-state index in [0.717, 1.165) is 0 Å². The fourth-order valence-corrected chi connectivity index (χ4v) is 4.90. The number of pyridine rings is 1. The molecular formula is C29H23FN6O6. The monoisotopic (exact) mass is 570 g/mol. The predicted molar refractivity (Wildman–Crippen MR) is 146 cm³/mol. The number of fused-ring (bicyclic) bond motifs is 1. The minimum Gasteiger partial charge on any atom is -0.408 e. The van der Waals surface area contributed by atoms with Crippen molar-refractivity contribution in [3.05, 3.63) is 88.2 Å². The molecule has 13 heteroatoms. The van der Waals surface area contributed by atoms with Crippen molar-refractivity contribution in [1.82, 2.24) is 29.9 Å². The van der Waals surface area contributed by atoms with Crippen molar-refractivity contribution in [2.24, 2.45) is 0 Å². The summed E-state index contributed by atoms with van der Waals surface area (Å²) >= 11 is 0. The summed E-state index contributed by atoms with van der Waals surface area (Å²) in [6.07, 6.45) is 1.88. The molecule has 0 saturated carbocycles. The number of hydrogen-bond acceptors (Lipinski definition) is 9.